The summed E-state index contributed by atoms with van der Waals surface area (Å²) in [6.07, 6.45) is 5.92. The number of hydrogen-bond donors (Lipinski definition) is 1. The highest BCUT2D eigenvalue weighted by molar-refractivity contribution is 5.87. The van der Waals surface area contributed by atoms with Crippen LogP contribution in [0.25, 0.3) is 6.08 Å². The molecule has 2 saturated heterocycles. The van der Waals surface area contributed by atoms with Crippen molar-refractivity contribution in [3.05, 3.63) is 76.2 Å². The van der Waals surface area contributed by atoms with E-state index >= 15 is 0 Å². The lowest BCUT2D eigenvalue weighted by molar-refractivity contribution is -0.135. The number of amides is 3. The van der Waals surface area contributed by atoms with Gasteiger partial charge in [0.25, 0.3) is 5.56 Å². The molecule has 2 fully saturated rings. The van der Waals surface area contributed by atoms with E-state index in [0.717, 1.165) is 31.7 Å². The minimum atomic E-state index is -0.529. The van der Waals surface area contributed by atoms with Crippen LogP contribution >= 0.6 is 0 Å². The number of nitrogens with zero attached hydrogens (tertiary/aromatic N) is 4. The number of piperidine rings is 1. The number of benzene rings is 1. The number of hydrogen-bond acceptors (Lipinski definition) is 4. The lowest BCUT2D eigenvalue weighted by Crippen LogP contribution is -2.58. The van der Waals surface area contributed by atoms with Gasteiger partial charge in [-0.3, -0.25) is 14.5 Å². The SMILES string of the molecule is CC(C)CC(NC(=O)N1CC2CC(C1)c1cccc(=O)n1C2)C(=O)N1CCN(C/C=C/c2ccccc2)CC1. The van der Waals surface area contributed by atoms with Crippen LogP contribution in [0.1, 0.15) is 43.9 Å². The first-order valence-corrected chi connectivity index (χ1v) is 14.4. The number of carbonyl (C=O) groups is 2. The third-order valence-electron chi connectivity index (χ3n) is 8.23. The van der Waals surface area contributed by atoms with E-state index in [4.69, 9.17) is 0 Å². The molecule has 8 heteroatoms. The maximum Gasteiger partial charge on any atom is 0.318 e. The molecule has 4 heterocycles. The molecule has 3 aliphatic heterocycles. The Balaban J connectivity index is 1.16. The summed E-state index contributed by atoms with van der Waals surface area (Å²) in [6, 6.07) is 15.0. The number of likely N-dealkylation sites (tertiary alicyclic amines) is 1. The molecule has 0 aliphatic carbocycles. The zero-order valence-electron chi connectivity index (χ0n) is 23.2. The van der Waals surface area contributed by atoms with E-state index in [-0.39, 0.29) is 35.3 Å². The quantitative estimate of drug-likeness (QED) is 0.595. The Hall–Kier alpha value is -3.39. The Morgan fingerprint density at radius 2 is 1.72 bits per heavy atom. The summed E-state index contributed by atoms with van der Waals surface area (Å²) in [6.45, 7) is 9.84. The predicted octanol–water partition coefficient (Wildman–Crippen LogP) is 3.25. The van der Waals surface area contributed by atoms with Crippen LogP contribution in [-0.2, 0) is 11.3 Å². The van der Waals surface area contributed by atoms with E-state index in [1.54, 1.807) is 6.07 Å². The molecule has 1 aromatic carbocycles. The van der Waals surface area contributed by atoms with Crippen molar-refractivity contribution >= 4 is 18.0 Å². The summed E-state index contributed by atoms with van der Waals surface area (Å²) < 4.78 is 1.87. The number of nitrogens with one attached hydrogen (secondary N) is 1. The van der Waals surface area contributed by atoms with E-state index in [0.29, 0.717) is 39.1 Å². The molecule has 2 aromatic rings. The van der Waals surface area contributed by atoms with E-state index in [9.17, 15) is 14.4 Å². The van der Waals surface area contributed by atoms with Crippen molar-refractivity contribution in [3.63, 3.8) is 0 Å². The molecule has 5 rings (SSSR count). The molecule has 3 atom stereocenters. The highest BCUT2D eigenvalue weighted by Gasteiger charge is 2.37. The van der Waals surface area contributed by atoms with Gasteiger partial charge in [-0.05, 0) is 36.3 Å². The van der Waals surface area contributed by atoms with Gasteiger partial charge in [-0.2, -0.15) is 0 Å². The zero-order chi connectivity index (χ0) is 27.4. The van der Waals surface area contributed by atoms with E-state index in [1.165, 1.54) is 5.56 Å². The summed E-state index contributed by atoms with van der Waals surface area (Å²) in [5, 5.41) is 3.11. The standard InChI is InChI=1S/C31H41N5O3/c1-23(2)18-27(30(38)34-16-14-33(15-17-34)13-7-10-24-8-4-3-5-9-24)32-31(39)35-20-25-19-26(22-35)28-11-6-12-29(37)36(28)21-25/h3-12,23,25-27H,13-22H2,1-2H3,(H,32,39)/b10-7+. The summed E-state index contributed by atoms with van der Waals surface area (Å²) >= 11 is 0. The van der Waals surface area contributed by atoms with Crippen LogP contribution in [0.5, 0.6) is 0 Å². The molecule has 1 N–H and O–H groups in total. The molecule has 0 spiro atoms. The third-order valence-corrected chi connectivity index (χ3v) is 8.23. The van der Waals surface area contributed by atoms with Gasteiger partial charge in [-0.1, -0.05) is 62.4 Å². The molecule has 208 valence electrons. The summed E-state index contributed by atoms with van der Waals surface area (Å²) in [7, 11) is 0. The first kappa shape index (κ1) is 27.2. The number of piperazine rings is 1. The fourth-order valence-corrected chi connectivity index (χ4v) is 6.27. The first-order chi connectivity index (χ1) is 18.9. The van der Waals surface area contributed by atoms with Crippen LogP contribution in [0.15, 0.2) is 59.4 Å². The molecule has 1 aromatic heterocycles. The average molecular weight is 532 g/mol. The van der Waals surface area contributed by atoms with Gasteiger partial charge < -0.3 is 19.7 Å². The minimum Gasteiger partial charge on any atom is -0.338 e. The lowest BCUT2D eigenvalue weighted by Gasteiger charge is -2.43. The Morgan fingerprint density at radius 3 is 2.46 bits per heavy atom. The molecule has 39 heavy (non-hydrogen) atoms. The Kier molecular flexibility index (Phi) is 8.50. The third kappa shape index (κ3) is 6.61. The molecule has 8 nitrogen and oxygen atoms in total. The van der Waals surface area contributed by atoms with Crippen LogP contribution in [0.4, 0.5) is 4.79 Å². The maximum absolute atomic E-state index is 13.6. The Morgan fingerprint density at radius 1 is 0.949 bits per heavy atom. The van der Waals surface area contributed by atoms with Crippen molar-refractivity contribution in [1.82, 2.24) is 24.6 Å². The monoisotopic (exact) mass is 531 g/mol. The number of fused-ring (bicyclic) bond motifs is 4. The topological polar surface area (TPSA) is 77.9 Å². The lowest BCUT2D eigenvalue weighted by atomic mass is 9.83. The Labute approximate surface area is 231 Å². The maximum atomic E-state index is 13.6. The zero-order valence-corrected chi connectivity index (χ0v) is 23.2. The number of carbonyl (C=O) groups excluding carboxylic acids is 2. The van der Waals surface area contributed by atoms with Gasteiger partial charge in [0.2, 0.25) is 5.91 Å². The highest BCUT2D eigenvalue weighted by atomic mass is 16.2. The molecule has 3 aliphatic rings. The van der Waals surface area contributed by atoms with Crippen molar-refractivity contribution in [2.24, 2.45) is 11.8 Å². The molecule has 2 bridgehead atoms. The molecular formula is C31H41N5O3. The van der Waals surface area contributed by atoms with Crippen molar-refractivity contribution in [2.45, 2.75) is 45.2 Å². The van der Waals surface area contributed by atoms with Gasteiger partial charge in [0, 0.05) is 70.0 Å². The second-order valence-corrected chi connectivity index (χ2v) is 11.7. The van der Waals surface area contributed by atoms with Crippen molar-refractivity contribution in [1.29, 1.82) is 0 Å². The summed E-state index contributed by atoms with van der Waals surface area (Å²) in [5.41, 5.74) is 2.24. The van der Waals surface area contributed by atoms with Crippen LogP contribution < -0.4 is 10.9 Å². The fourth-order valence-electron chi connectivity index (χ4n) is 6.27. The number of aromatic nitrogens is 1. The van der Waals surface area contributed by atoms with Crippen molar-refractivity contribution < 1.29 is 9.59 Å². The molecule has 3 unspecified atom stereocenters. The van der Waals surface area contributed by atoms with E-state index in [2.05, 4.69) is 48.3 Å². The van der Waals surface area contributed by atoms with Gasteiger partial charge in [-0.15, -0.1) is 0 Å². The first-order valence-electron chi connectivity index (χ1n) is 14.4. The largest absolute Gasteiger partial charge is 0.338 e. The van der Waals surface area contributed by atoms with Crippen LogP contribution in [0.3, 0.4) is 0 Å². The van der Waals surface area contributed by atoms with Crippen molar-refractivity contribution in [3.8, 4) is 0 Å². The normalized spacial score (nSPS) is 22.1. The second-order valence-electron chi connectivity index (χ2n) is 11.7. The van der Waals surface area contributed by atoms with E-state index in [1.807, 2.05) is 44.7 Å². The number of urea groups is 1. The molecule has 0 saturated carbocycles. The van der Waals surface area contributed by atoms with Gasteiger partial charge >= 0.3 is 6.03 Å². The van der Waals surface area contributed by atoms with Crippen LogP contribution in [0.2, 0.25) is 0 Å². The molecular weight excluding hydrogens is 490 g/mol. The number of pyridine rings is 1. The average Bonchev–Trinajstić information content (AvgIpc) is 2.93. The van der Waals surface area contributed by atoms with Gasteiger partial charge in [-0.25, -0.2) is 4.79 Å². The second kappa shape index (κ2) is 12.2. The molecule has 3 amide bonds. The molecule has 0 radical (unpaired) electrons. The van der Waals surface area contributed by atoms with E-state index < -0.39 is 6.04 Å². The Bertz CT molecular complexity index is 1230. The van der Waals surface area contributed by atoms with Gasteiger partial charge in [0.1, 0.15) is 6.04 Å². The summed E-state index contributed by atoms with van der Waals surface area (Å²) in [4.78, 5) is 45.5. The number of rotatable bonds is 7. The highest BCUT2D eigenvalue weighted by Crippen LogP contribution is 2.35. The predicted molar refractivity (Wildman–Crippen MR) is 153 cm³/mol. The van der Waals surface area contributed by atoms with Crippen LogP contribution in [0, 0.1) is 11.8 Å². The van der Waals surface area contributed by atoms with Gasteiger partial charge in [0.15, 0.2) is 0 Å². The van der Waals surface area contributed by atoms with Crippen LogP contribution in [-0.4, -0.2) is 83.1 Å². The minimum absolute atomic E-state index is 0.0191. The fraction of sp³-hybridized carbons (Fsp3) is 0.516. The van der Waals surface area contributed by atoms with Crippen molar-refractivity contribution in [2.75, 3.05) is 45.8 Å². The summed E-state index contributed by atoms with van der Waals surface area (Å²) in [5.74, 6) is 0.708. The van der Waals surface area contributed by atoms with Gasteiger partial charge in [0.05, 0.1) is 0 Å². The smallest absolute Gasteiger partial charge is 0.318 e.